The molecule has 2 aromatic rings. The Kier molecular flexibility index (Phi) is 3.71. The average Bonchev–Trinajstić information content (AvgIpc) is 2.94. The number of amides is 1. The van der Waals surface area contributed by atoms with Gasteiger partial charge < -0.3 is 14.4 Å². The number of benzene rings is 1. The predicted octanol–water partition coefficient (Wildman–Crippen LogP) is 2.88. The lowest BCUT2D eigenvalue weighted by atomic mass is 10.2. The van der Waals surface area contributed by atoms with Gasteiger partial charge in [-0.1, -0.05) is 18.2 Å². The summed E-state index contributed by atoms with van der Waals surface area (Å²) < 4.78 is 11.7. The molecule has 2 unspecified atom stereocenters. The van der Waals surface area contributed by atoms with Crippen molar-refractivity contribution in [1.29, 1.82) is 0 Å². The van der Waals surface area contributed by atoms with Crippen LogP contribution in [0, 0.1) is 0 Å². The number of likely N-dealkylation sites (tertiary alicyclic amines) is 1. The van der Waals surface area contributed by atoms with Gasteiger partial charge in [0.1, 0.15) is 17.1 Å². The Hall–Kier alpha value is -2.40. The van der Waals surface area contributed by atoms with Crippen LogP contribution in [0.2, 0.25) is 0 Å². The van der Waals surface area contributed by atoms with Crippen molar-refractivity contribution < 1.29 is 14.3 Å². The van der Waals surface area contributed by atoms with Gasteiger partial charge in [-0.15, -0.1) is 0 Å². The van der Waals surface area contributed by atoms with Crippen molar-refractivity contribution in [3.05, 3.63) is 54.4 Å². The number of hydrogen-bond donors (Lipinski definition) is 0. The molecule has 0 saturated carbocycles. The monoisotopic (exact) mass is 310 g/mol. The fraction of sp³-hybridized carbons (Fsp3) is 0.333. The van der Waals surface area contributed by atoms with Crippen LogP contribution in [-0.2, 0) is 4.74 Å². The summed E-state index contributed by atoms with van der Waals surface area (Å²) in [6, 6.07) is 11.2. The zero-order valence-corrected chi connectivity index (χ0v) is 12.7. The lowest BCUT2D eigenvalue weighted by molar-refractivity contribution is -0.0304. The molecular weight excluding hydrogens is 292 g/mol. The van der Waals surface area contributed by atoms with Gasteiger partial charge in [0.25, 0.3) is 5.91 Å². The number of aromatic nitrogens is 1. The Morgan fingerprint density at radius 2 is 1.87 bits per heavy atom. The maximum Gasteiger partial charge on any atom is 0.259 e. The first-order valence-corrected chi connectivity index (χ1v) is 7.91. The van der Waals surface area contributed by atoms with E-state index >= 15 is 0 Å². The molecule has 2 aliphatic rings. The summed E-state index contributed by atoms with van der Waals surface area (Å²) in [4.78, 5) is 18.8. The number of hydrogen-bond acceptors (Lipinski definition) is 4. The molecule has 5 nitrogen and oxygen atoms in total. The zero-order chi connectivity index (χ0) is 15.6. The van der Waals surface area contributed by atoms with E-state index in [0.717, 1.165) is 12.8 Å². The highest BCUT2D eigenvalue weighted by Gasteiger charge is 2.36. The van der Waals surface area contributed by atoms with Crippen molar-refractivity contribution in [2.45, 2.75) is 25.0 Å². The fourth-order valence-electron chi connectivity index (χ4n) is 3.20. The van der Waals surface area contributed by atoms with Gasteiger partial charge in [-0.3, -0.25) is 9.78 Å². The molecule has 2 atom stereocenters. The van der Waals surface area contributed by atoms with Gasteiger partial charge in [0, 0.05) is 25.5 Å². The highest BCUT2D eigenvalue weighted by molar-refractivity contribution is 5.96. The Morgan fingerprint density at radius 1 is 1.13 bits per heavy atom. The first-order chi connectivity index (χ1) is 11.3. The van der Waals surface area contributed by atoms with Crippen molar-refractivity contribution in [3.8, 4) is 11.5 Å². The first-order valence-electron chi connectivity index (χ1n) is 7.91. The van der Waals surface area contributed by atoms with E-state index in [0.29, 0.717) is 30.2 Å². The van der Waals surface area contributed by atoms with Crippen molar-refractivity contribution in [3.63, 3.8) is 0 Å². The molecular formula is C18H18N2O3. The van der Waals surface area contributed by atoms with E-state index in [1.165, 1.54) is 0 Å². The van der Waals surface area contributed by atoms with Crippen LogP contribution in [-0.4, -0.2) is 41.1 Å². The molecule has 23 heavy (non-hydrogen) atoms. The van der Waals surface area contributed by atoms with Gasteiger partial charge in [-0.2, -0.15) is 0 Å². The fourth-order valence-corrected chi connectivity index (χ4v) is 3.20. The summed E-state index contributed by atoms with van der Waals surface area (Å²) in [7, 11) is 0. The maximum absolute atomic E-state index is 12.9. The number of para-hydroxylation sites is 1. The minimum atomic E-state index is -0.0377. The van der Waals surface area contributed by atoms with Crippen molar-refractivity contribution in [1.82, 2.24) is 9.88 Å². The predicted molar refractivity (Wildman–Crippen MR) is 84.6 cm³/mol. The molecule has 1 aromatic heterocycles. The molecule has 5 heteroatoms. The molecule has 118 valence electrons. The van der Waals surface area contributed by atoms with E-state index in [4.69, 9.17) is 9.47 Å². The van der Waals surface area contributed by atoms with Crippen LogP contribution in [0.3, 0.4) is 0 Å². The van der Waals surface area contributed by atoms with E-state index in [9.17, 15) is 4.79 Å². The topological polar surface area (TPSA) is 51.7 Å². The van der Waals surface area contributed by atoms with E-state index in [1.54, 1.807) is 18.5 Å². The lowest BCUT2D eigenvalue weighted by Crippen LogP contribution is -2.45. The second kappa shape index (κ2) is 6.01. The van der Waals surface area contributed by atoms with E-state index < -0.39 is 0 Å². The minimum absolute atomic E-state index is 0.0377. The summed E-state index contributed by atoms with van der Waals surface area (Å²) in [5.74, 6) is 1.20. The quantitative estimate of drug-likeness (QED) is 0.875. The third-order valence-electron chi connectivity index (χ3n) is 4.31. The highest BCUT2D eigenvalue weighted by Crippen LogP contribution is 2.30. The van der Waals surface area contributed by atoms with Gasteiger partial charge in [-0.05, 0) is 31.0 Å². The number of rotatable bonds is 3. The summed E-state index contributed by atoms with van der Waals surface area (Å²) in [5.41, 5.74) is 0.498. The largest absolute Gasteiger partial charge is 0.456 e. The first kappa shape index (κ1) is 14.2. The van der Waals surface area contributed by atoms with Crippen LogP contribution in [0.25, 0.3) is 0 Å². The van der Waals surface area contributed by atoms with Gasteiger partial charge in [0.15, 0.2) is 0 Å². The number of nitrogens with zero attached hydrogens (tertiary/aromatic N) is 2. The summed E-state index contributed by atoms with van der Waals surface area (Å²) in [5, 5.41) is 0. The molecule has 2 saturated heterocycles. The third kappa shape index (κ3) is 2.92. The molecule has 2 aliphatic heterocycles. The lowest BCUT2D eigenvalue weighted by Gasteiger charge is -2.32. The summed E-state index contributed by atoms with van der Waals surface area (Å²) in [6.07, 6.45) is 5.64. The second-order valence-corrected chi connectivity index (χ2v) is 5.95. The van der Waals surface area contributed by atoms with E-state index in [1.807, 2.05) is 35.2 Å². The maximum atomic E-state index is 12.9. The number of carbonyl (C=O) groups excluding carboxylic acids is 1. The van der Waals surface area contributed by atoms with Crippen LogP contribution in [0.5, 0.6) is 11.5 Å². The van der Waals surface area contributed by atoms with Gasteiger partial charge in [0.2, 0.25) is 0 Å². The average molecular weight is 310 g/mol. The van der Waals surface area contributed by atoms with Crippen LogP contribution < -0.4 is 4.74 Å². The highest BCUT2D eigenvalue weighted by atomic mass is 16.5. The van der Waals surface area contributed by atoms with Crippen LogP contribution in [0.1, 0.15) is 23.2 Å². The van der Waals surface area contributed by atoms with Crippen molar-refractivity contribution in [2.24, 2.45) is 0 Å². The van der Waals surface area contributed by atoms with E-state index in [2.05, 4.69) is 4.98 Å². The molecule has 0 radical (unpaired) electrons. The number of morpholine rings is 1. The second-order valence-electron chi connectivity index (χ2n) is 5.95. The summed E-state index contributed by atoms with van der Waals surface area (Å²) in [6.45, 7) is 1.30. The molecule has 0 aliphatic carbocycles. The molecule has 1 amide bonds. The number of carbonyl (C=O) groups is 1. The van der Waals surface area contributed by atoms with Crippen LogP contribution in [0.4, 0.5) is 0 Å². The Labute approximate surface area is 134 Å². The Morgan fingerprint density at radius 3 is 2.61 bits per heavy atom. The Balaban J connectivity index is 1.57. The number of ether oxygens (including phenoxy) is 2. The van der Waals surface area contributed by atoms with Crippen LogP contribution in [0.15, 0.2) is 48.8 Å². The molecule has 3 heterocycles. The van der Waals surface area contributed by atoms with Crippen molar-refractivity contribution in [2.75, 3.05) is 13.1 Å². The molecule has 1 aromatic carbocycles. The molecule has 2 bridgehead atoms. The smallest absolute Gasteiger partial charge is 0.259 e. The molecule has 4 rings (SSSR count). The molecule has 2 fully saturated rings. The third-order valence-corrected chi connectivity index (χ3v) is 4.31. The number of pyridine rings is 1. The Bertz CT molecular complexity index is 692. The standard InChI is InChI=1S/C18H18N2O3/c21-18(20-11-14-6-7-15(12-20)22-14)16-10-19-9-8-17(16)23-13-4-2-1-3-5-13/h1-5,8-10,14-15H,6-7,11-12H2. The SMILES string of the molecule is O=C(c1cnccc1Oc1ccccc1)N1CC2CCC(C1)O2. The van der Waals surface area contributed by atoms with Crippen molar-refractivity contribution >= 4 is 5.91 Å². The zero-order valence-electron chi connectivity index (χ0n) is 12.7. The summed E-state index contributed by atoms with van der Waals surface area (Å²) >= 11 is 0. The van der Waals surface area contributed by atoms with Gasteiger partial charge >= 0.3 is 0 Å². The molecule has 0 N–H and O–H groups in total. The van der Waals surface area contributed by atoms with Crippen LogP contribution >= 0.6 is 0 Å². The van der Waals surface area contributed by atoms with Gasteiger partial charge in [-0.25, -0.2) is 0 Å². The number of fused-ring (bicyclic) bond motifs is 2. The minimum Gasteiger partial charge on any atom is -0.456 e. The molecule has 0 spiro atoms. The van der Waals surface area contributed by atoms with Gasteiger partial charge in [0.05, 0.1) is 12.2 Å². The normalized spacial score (nSPS) is 22.9. The van der Waals surface area contributed by atoms with E-state index in [-0.39, 0.29) is 18.1 Å².